The van der Waals surface area contributed by atoms with E-state index in [4.69, 9.17) is 13.9 Å². The highest BCUT2D eigenvalue weighted by atomic mass is 79.9. The average molecular weight is 479 g/mol. The van der Waals surface area contributed by atoms with Crippen molar-refractivity contribution in [3.05, 3.63) is 70.6 Å². The number of hydrogen-bond donors (Lipinski definition) is 2. The van der Waals surface area contributed by atoms with E-state index < -0.39 is 15.9 Å². The van der Waals surface area contributed by atoms with Gasteiger partial charge in [-0.15, -0.1) is 0 Å². The number of carbonyl (C=O) groups is 1. The Morgan fingerprint density at radius 1 is 1.07 bits per heavy atom. The molecule has 1 aliphatic rings. The smallest absolute Gasteiger partial charge is 0.256 e. The van der Waals surface area contributed by atoms with Crippen molar-refractivity contribution in [1.29, 1.82) is 0 Å². The second-order valence-electron chi connectivity index (χ2n) is 6.07. The molecule has 0 saturated carbocycles. The molecule has 2 heterocycles. The van der Waals surface area contributed by atoms with Gasteiger partial charge >= 0.3 is 0 Å². The molecular weight excluding hydrogens is 464 g/mol. The summed E-state index contributed by atoms with van der Waals surface area (Å²) < 4.78 is 43.7. The summed E-state index contributed by atoms with van der Waals surface area (Å²) in [6, 6.07) is 12.5. The van der Waals surface area contributed by atoms with Crippen molar-refractivity contribution in [1.82, 2.24) is 4.72 Å². The molecule has 1 aliphatic heterocycles. The van der Waals surface area contributed by atoms with Crippen molar-refractivity contribution in [2.75, 3.05) is 12.1 Å². The zero-order valence-electron chi connectivity index (χ0n) is 14.8. The van der Waals surface area contributed by atoms with Crippen LogP contribution in [0.3, 0.4) is 0 Å². The second-order valence-corrected chi connectivity index (χ2v) is 8.69. The van der Waals surface area contributed by atoms with Crippen molar-refractivity contribution in [2.24, 2.45) is 0 Å². The first-order valence-corrected chi connectivity index (χ1v) is 10.7. The number of anilines is 1. The van der Waals surface area contributed by atoms with Crippen LogP contribution in [0.2, 0.25) is 0 Å². The number of nitrogens with one attached hydrogen (secondary N) is 2. The SMILES string of the molecule is O=C(Nc1ccc2c(c1)OCO2)c1cc(S(=O)(=O)NCc2ccco2)ccc1Br. The molecule has 2 aromatic carbocycles. The summed E-state index contributed by atoms with van der Waals surface area (Å²) in [6.07, 6.45) is 1.46. The Hall–Kier alpha value is -2.82. The molecule has 0 unspecified atom stereocenters. The van der Waals surface area contributed by atoms with Gasteiger partial charge in [0.15, 0.2) is 11.5 Å². The van der Waals surface area contributed by atoms with Gasteiger partial charge in [-0.05, 0) is 58.4 Å². The van der Waals surface area contributed by atoms with Crippen LogP contribution < -0.4 is 19.5 Å². The highest BCUT2D eigenvalue weighted by molar-refractivity contribution is 9.10. The van der Waals surface area contributed by atoms with E-state index in [1.807, 2.05) is 0 Å². The first kappa shape index (κ1) is 19.5. The molecular formula is C19H15BrN2O6S. The largest absolute Gasteiger partial charge is 0.468 e. The Morgan fingerprint density at radius 2 is 1.90 bits per heavy atom. The molecule has 0 spiro atoms. The summed E-state index contributed by atoms with van der Waals surface area (Å²) in [5.74, 6) is 1.13. The number of hydrogen-bond acceptors (Lipinski definition) is 6. The van der Waals surface area contributed by atoms with Crippen LogP contribution in [0, 0.1) is 0 Å². The number of sulfonamides is 1. The third kappa shape index (κ3) is 4.29. The van der Waals surface area contributed by atoms with Crippen LogP contribution >= 0.6 is 15.9 Å². The number of amides is 1. The molecule has 10 heteroatoms. The minimum Gasteiger partial charge on any atom is -0.468 e. The van der Waals surface area contributed by atoms with Crippen LogP contribution in [0.1, 0.15) is 16.1 Å². The van der Waals surface area contributed by atoms with E-state index in [0.29, 0.717) is 27.4 Å². The Labute approximate surface area is 175 Å². The number of ether oxygens (including phenoxy) is 2. The highest BCUT2D eigenvalue weighted by Gasteiger charge is 2.20. The zero-order valence-corrected chi connectivity index (χ0v) is 17.2. The monoisotopic (exact) mass is 478 g/mol. The molecule has 8 nitrogen and oxygen atoms in total. The van der Waals surface area contributed by atoms with E-state index in [9.17, 15) is 13.2 Å². The van der Waals surface area contributed by atoms with E-state index in [-0.39, 0.29) is 23.8 Å². The lowest BCUT2D eigenvalue weighted by molar-refractivity contribution is 0.102. The lowest BCUT2D eigenvalue weighted by Crippen LogP contribution is -2.23. The standard InChI is InChI=1S/C19H15BrN2O6S/c20-16-5-4-14(29(24,25)21-10-13-2-1-7-26-13)9-15(16)19(23)22-12-3-6-17-18(8-12)28-11-27-17/h1-9,21H,10-11H2,(H,22,23). The summed E-state index contributed by atoms with van der Waals surface area (Å²) in [6.45, 7) is 0.132. The van der Waals surface area contributed by atoms with Crippen LogP contribution in [0.15, 0.2) is 68.6 Å². The van der Waals surface area contributed by atoms with E-state index >= 15 is 0 Å². The Balaban J connectivity index is 1.53. The third-order valence-electron chi connectivity index (χ3n) is 4.14. The fourth-order valence-corrected chi connectivity index (χ4v) is 4.13. The predicted molar refractivity (Wildman–Crippen MR) is 107 cm³/mol. The predicted octanol–water partition coefficient (Wildman–Crippen LogP) is 3.50. The van der Waals surface area contributed by atoms with Gasteiger partial charge in [0.25, 0.3) is 5.91 Å². The molecule has 4 rings (SSSR count). The maximum atomic E-state index is 12.7. The summed E-state index contributed by atoms with van der Waals surface area (Å²) >= 11 is 3.30. The maximum Gasteiger partial charge on any atom is 0.256 e. The molecule has 0 atom stereocenters. The lowest BCUT2D eigenvalue weighted by Gasteiger charge is -2.10. The minimum atomic E-state index is -3.84. The van der Waals surface area contributed by atoms with Crippen molar-refractivity contribution < 1.29 is 27.1 Å². The fraction of sp³-hybridized carbons (Fsp3) is 0.105. The summed E-state index contributed by atoms with van der Waals surface area (Å²) in [4.78, 5) is 12.7. The third-order valence-corrected chi connectivity index (χ3v) is 6.23. The number of furan rings is 1. The van der Waals surface area contributed by atoms with Gasteiger partial charge < -0.3 is 19.2 Å². The molecule has 0 radical (unpaired) electrons. The normalized spacial score (nSPS) is 12.7. The zero-order chi connectivity index (χ0) is 20.4. The van der Waals surface area contributed by atoms with Crippen LogP contribution in [-0.2, 0) is 16.6 Å². The highest BCUT2D eigenvalue weighted by Crippen LogP contribution is 2.34. The van der Waals surface area contributed by atoms with Crippen LogP contribution in [0.4, 0.5) is 5.69 Å². The number of rotatable bonds is 6. The lowest BCUT2D eigenvalue weighted by atomic mass is 10.2. The molecule has 0 bridgehead atoms. The van der Waals surface area contributed by atoms with Gasteiger partial charge in [-0.3, -0.25) is 4.79 Å². The first-order chi connectivity index (χ1) is 13.9. The minimum absolute atomic E-state index is 0.00409. The molecule has 3 aromatic rings. The van der Waals surface area contributed by atoms with Gasteiger partial charge in [0, 0.05) is 16.2 Å². The maximum absolute atomic E-state index is 12.7. The van der Waals surface area contributed by atoms with Gasteiger partial charge in [-0.2, -0.15) is 0 Å². The van der Waals surface area contributed by atoms with Gasteiger partial charge in [-0.25, -0.2) is 13.1 Å². The number of fused-ring (bicyclic) bond motifs is 1. The van der Waals surface area contributed by atoms with E-state index in [0.717, 1.165) is 0 Å². The Kier molecular flexibility index (Phi) is 5.31. The van der Waals surface area contributed by atoms with Gasteiger partial charge in [0.05, 0.1) is 23.3 Å². The number of benzene rings is 2. The summed E-state index contributed by atoms with van der Waals surface area (Å²) in [7, 11) is -3.84. The summed E-state index contributed by atoms with van der Waals surface area (Å²) in [5, 5.41) is 2.73. The topological polar surface area (TPSA) is 107 Å². The van der Waals surface area contributed by atoms with Crippen molar-refractivity contribution >= 4 is 37.5 Å². The average Bonchev–Trinajstić information content (AvgIpc) is 3.38. The number of carbonyl (C=O) groups excluding carboxylic acids is 1. The van der Waals surface area contributed by atoms with Crippen LogP contribution in [-0.4, -0.2) is 21.1 Å². The van der Waals surface area contributed by atoms with Gasteiger partial charge in [0.2, 0.25) is 16.8 Å². The van der Waals surface area contributed by atoms with E-state index in [1.54, 1.807) is 30.3 Å². The molecule has 150 valence electrons. The molecule has 0 saturated heterocycles. The number of halogens is 1. The van der Waals surface area contributed by atoms with Crippen LogP contribution in [0.25, 0.3) is 0 Å². The Bertz CT molecular complexity index is 1160. The van der Waals surface area contributed by atoms with E-state index in [2.05, 4.69) is 26.0 Å². The van der Waals surface area contributed by atoms with Crippen molar-refractivity contribution in [3.8, 4) is 11.5 Å². The van der Waals surface area contributed by atoms with Crippen LogP contribution in [0.5, 0.6) is 11.5 Å². The second kappa shape index (κ2) is 7.90. The van der Waals surface area contributed by atoms with E-state index in [1.165, 1.54) is 24.5 Å². The molecule has 0 aliphatic carbocycles. The van der Waals surface area contributed by atoms with Gasteiger partial charge in [-0.1, -0.05) is 0 Å². The molecule has 2 N–H and O–H groups in total. The Morgan fingerprint density at radius 3 is 2.69 bits per heavy atom. The fourth-order valence-electron chi connectivity index (χ4n) is 2.68. The summed E-state index contributed by atoms with van der Waals surface area (Å²) in [5.41, 5.74) is 0.666. The van der Waals surface area contributed by atoms with Crippen molar-refractivity contribution in [3.63, 3.8) is 0 Å². The first-order valence-electron chi connectivity index (χ1n) is 8.45. The molecule has 1 amide bonds. The quantitative estimate of drug-likeness (QED) is 0.561. The molecule has 29 heavy (non-hydrogen) atoms. The molecule has 1 aromatic heterocycles. The van der Waals surface area contributed by atoms with Gasteiger partial charge in [0.1, 0.15) is 5.76 Å². The van der Waals surface area contributed by atoms with Crippen molar-refractivity contribution in [2.45, 2.75) is 11.4 Å². The molecule has 0 fully saturated rings.